The van der Waals surface area contributed by atoms with Crippen LogP contribution in [0.2, 0.25) is 0 Å². The second-order valence-corrected chi connectivity index (χ2v) is 5.51. The molecule has 0 heterocycles. The molecule has 0 saturated carbocycles. The van der Waals surface area contributed by atoms with E-state index in [1.54, 1.807) is 23.9 Å². The van der Waals surface area contributed by atoms with E-state index < -0.39 is 11.1 Å². The summed E-state index contributed by atoms with van der Waals surface area (Å²) in [7, 11) is 5.02. The first-order chi connectivity index (χ1) is 9.37. The van der Waals surface area contributed by atoms with E-state index in [2.05, 4.69) is 5.73 Å². The lowest BCUT2D eigenvalue weighted by atomic mass is 9.79. The molecule has 0 saturated heterocycles. The predicted molar refractivity (Wildman–Crippen MR) is 100 cm³/mol. The first kappa shape index (κ1) is 33.2. The molecule has 0 aromatic heterocycles. The number of amides is 2. The van der Waals surface area contributed by atoms with Crippen LogP contribution in [0.1, 0.15) is 63.3 Å². The van der Waals surface area contributed by atoms with Crippen LogP contribution in [0.15, 0.2) is 0 Å². The highest BCUT2D eigenvalue weighted by molar-refractivity contribution is 5.76. The summed E-state index contributed by atoms with van der Waals surface area (Å²) in [5.41, 5.74) is 3.64. The van der Waals surface area contributed by atoms with Gasteiger partial charge in [-0.05, 0) is 41.7 Å². The lowest BCUT2D eigenvalue weighted by Crippen LogP contribution is -2.65. The van der Waals surface area contributed by atoms with Crippen LogP contribution >= 0.6 is 0 Å². The van der Waals surface area contributed by atoms with E-state index in [0.717, 1.165) is 6.29 Å². The van der Waals surface area contributed by atoms with Crippen LogP contribution < -0.4 is 5.73 Å². The van der Waals surface area contributed by atoms with Gasteiger partial charge in [0.15, 0.2) is 0 Å². The molecule has 0 aliphatic rings. The Balaban J connectivity index is -0.000000137. The highest BCUT2D eigenvalue weighted by Gasteiger charge is 2.45. The highest BCUT2D eigenvalue weighted by Crippen LogP contribution is 2.31. The van der Waals surface area contributed by atoms with E-state index in [0.29, 0.717) is 0 Å². The third kappa shape index (κ3) is 9.33. The van der Waals surface area contributed by atoms with Gasteiger partial charge in [-0.1, -0.05) is 14.9 Å². The monoisotopic (exact) mass is 335 g/mol. The first-order valence-electron chi connectivity index (χ1n) is 6.84. The number of carbonyl (C=O) groups excluding carboxylic acids is 3. The smallest absolute Gasteiger partial charge is 0.219 e. The Morgan fingerprint density at radius 3 is 1.04 bits per heavy atom. The van der Waals surface area contributed by atoms with E-state index in [4.69, 9.17) is 4.79 Å². The zero-order valence-electron chi connectivity index (χ0n) is 15.3. The molecule has 0 aromatic rings. The maximum atomic E-state index is 11.5. The maximum Gasteiger partial charge on any atom is 0.219 e. The first-order valence-corrected chi connectivity index (χ1v) is 6.84. The van der Waals surface area contributed by atoms with Crippen LogP contribution in [0.3, 0.4) is 0 Å². The number of carbonyl (C=O) groups is 3. The van der Waals surface area contributed by atoms with Gasteiger partial charge in [0.05, 0.1) is 11.1 Å². The summed E-state index contributed by atoms with van der Waals surface area (Å²) < 4.78 is 0. The number of rotatable bonds is 3. The lowest BCUT2D eigenvalue weighted by Gasteiger charge is -2.51. The molecule has 0 aromatic carbocycles. The lowest BCUT2D eigenvalue weighted by molar-refractivity contribution is -0.146. The minimum atomic E-state index is -0.431. The van der Waals surface area contributed by atoms with Gasteiger partial charge in [-0.2, -0.15) is 0 Å². The molecule has 2 amide bonds. The van der Waals surface area contributed by atoms with Gasteiger partial charge in [-0.3, -0.25) is 9.59 Å². The van der Waals surface area contributed by atoms with Gasteiger partial charge in [0.25, 0.3) is 0 Å². The molecule has 0 fully saturated rings. The molecule has 6 heteroatoms. The number of nitrogens with two attached hydrogens (primary N) is 1. The van der Waals surface area contributed by atoms with E-state index >= 15 is 0 Å². The highest BCUT2D eigenvalue weighted by atomic mass is 16.2. The normalized spacial score (nSPS) is 9.35. The topological polar surface area (TPSA) is 83.7 Å². The van der Waals surface area contributed by atoms with Crippen LogP contribution in [-0.2, 0) is 14.4 Å². The largest absolute Gasteiger partial charge is 0.339 e. The van der Waals surface area contributed by atoms with E-state index in [1.807, 2.05) is 27.7 Å². The van der Waals surface area contributed by atoms with Gasteiger partial charge in [-0.25, -0.2) is 0 Å². The number of hydrogen-bond donors (Lipinski definition) is 1. The molecule has 6 nitrogen and oxygen atoms in total. The van der Waals surface area contributed by atoms with E-state index in [9.17, 15) is 9.59 Å². The predicted octanol–water partition coefficient (Wildman–Crippen LogP) is 2.55. The van der Waals surface area contributed by atoms with Crippen molar-refractivity contribution in [2.45, 2.75) is 74.4 Å². The average molecular weight is 336 g/mol. The fourth-order valence-corrected chi connectivity index (χ4v) is 1.61. The third-order valence-corrected chi connectivity index (χ3v) is 4.12. The minimum absolute atomic E-state index is 0. The molecule has 2 N–H and O–H groups in total. The Morgan fingerprint density at radius 2 is 0.957 bits per heavy atom. The van der Waals surface area contributed by atoms with Gasteiger partial charge in [0.2, 0.25) is 11.8 Å². The molecule has 0 spiro atoms. The second kappa shape index (κ2) is 14.2. The Labute approximate surface area is 144 Å². The average Bonchev–Trinajstić information content (AvgIpc) is 2.39. The summed E-state index contributed by atoms with van der Waals surface area (Å²) in [6, 6.07) is 0. The van der Waals surface area contributed by atoms with Gasteiger partial charge < -0.3 is 20.3 Å². The van der Waals surface area contributed by atoms with Crippen molar-refractivity contribution in [3.63, 3.8) is 0 Å². The minimum Gasteiger partial charge on any atom is -0.339 e. The summed E-state index contributed by atoms with van der Waals surface area (Å²) in [4.78, 5) is 35.1. The molecule has 0 unspecified atom stereocenters. The number of hydrogen-bond acceptors (Lipinski definition) is 4. The van der Waals surface area contributed by atoms with Crippen molar-refractivity contribution >= 4 is 18.1 Å². The number of likely N-dealkylation sites (N-methyl/N-ethyl adjacent to an activating group) is 2. The van der Waals surface area contributed by atoms with Crippen molar-refractivity contribution in [1.82, 2.24) is 9.80 Å². The number of aldehydes is 1. The Hall–Kier alpha value is -1.43. The molecule has 0 aliphatic heterocycles. The van der Waals surface area contributed by atoms with Crippen LogP contribution in [0.5, 0.6) is 0 Å². The van der Waals surface area contributed by atoms with Crippen molar-refractivity contribution in [1.29, 1.82) is 0 Å². The van der Waals surface area contributed by atoms with E-state index in [-0.39, 0.29) is 26.7 Å². The van der Waals surface area contributed by atoms with Crippen molar-refractivity contribution in [2.75, 3.05) is 21.1 Å². The summed E-state index contributed by atoms with van der Waals surface area (Å²) >= 11 is 0. The summed E-state index contributed by atoms with van der Waals surface area (Å²) in [6.45, 7) is 12.4. The van der Waals surface area contributed by atoms with Gasteiger partial charge >= 0.3 is 0 Å². The zero-order valence-corrected chi connectivity index (χ0v) is 15.3. The second-order valence-electron chi connectivity index (χ2n) is 5.51. The molecule has 0 bridgehead atoms. The standard InChI is InChI=1S/C12H24N2O2.C2H4O.CH5N.2CH4/c1-9(15)13(7)11(3,4)12(5,6)14(8)10(2)16;1-2-3;1-2;;/h1-8H3;2H,1H3;2H2,1H3;2*1H4. The van der Waals surface area contributed by atoms with Crippen LogP contribution in [0.4, 0.5) is 0 Å². The van der Waals surface area contributed by atoms with Crippen LogP contribution in [-0.4, -0.2) is 60.1 Å². The molecule has 23 heavy (non-hydrogen) atoms. The summed E-state index contributed by atoms with van der Waals surface area (Å²) in [5, 5.41) is 0. The molecular weight excluding hydrogens is 294 g/mol. The molecular formula is C17H41N3O3. The maximum absolute atomic E-state index is 11.5. The Bertz CT molecular complexity index is 310. The quantitative estimate of drug-likeness (QED) is 0.803. The van der Waals surface area contributed by atoms with Gasteiger partial charge in [0, 0.05) is 27.9 Å². The zero-order chi connectivity index (χ0) is 18.0. The van der Waals surface area contributed by atoms with Crippen LogP contribution in [0.25, 0.3) is 0 Å². The van der Waals surface area contributed by atoms with Crippen LogP contribution in [0, 0.1) is 0 Å². The SMILES string of the molecule is C.C.CC(=O)N(C)C(C)(C)C(C)(C)N(C)C(C)=O.CC=O.CN. The molecule has 0 radical (unpaired) electrons. The Kier molecular flexibility index (Phi) is 20.5. The summed E-state index contributed by atoms with van der Waals surface area (Å²) in [6.07, 6.45) is 0.750. The van der Waals surface area contributed by atoms with Gasteiger partial charge in [-0.15, -0.1) is 0 Å². The van der Waals surface area contributed by atoms with Crippen molar-refractivity contribution < 1.29 is 14.4 Å². The van der Waals surface area contributed by atoms with Crippen molar-refractivity contribution in [3.8, 4) is 0 Å². The number of nitrogens with zero attached hydrogens (tertiary/aromatic N) is 2. The van der Waals surface area contributed by atoms with Crippen molar-refractivity contribution in [3.05, 3.63) is 0 Å². The Morgan fingerprint density at radius 1 is 0.826 bits per heavy atom. The van der Waals surface area contributed by atoms with Gasteiger partial charge in [0.1, 0.15) is 6.29 Å². The fraction of sp³-hybridized carbons (Fsp3) is 0.824. The molecule has 142 valence electrons. The third-order valence-electron chi connectivity index (χ3n) is 4.12. The molecule has 0 atom stereocenters. The van der Waals surface area contributed by atoms with E-state index in [1.165, 1.54) is 27.8 Å². The summed E-state index contributed by atoms with van der Waals surface area (Å²) in [5.74, 6) is -0.00921. The van der Waals surface area contributed by atoms with Crippen molar-refractivity contribution in [2.24, 2.45) is 5.73 Å². The molecule has 0 aliphatic carbocycles. The fourth-order valence-electron chi connectivity index (χ4n) is 1.61. The molecule has 0 rings (SSSR count).